The monoisotopic (exact) mass is 281 g/mol. The van der Waals surface area contributed by atoms with E-state index in [2.05, 4.69) is 16.4 Å². The van der Waals surface area contributed by atoms with Gasteiger partial charge in [-0.15, -0.1) is 0 Å². The number of nitriles is 1. The number of benzene rings is 1. The summed E-state index contributed by atoms with van der Waals surface area (Å²) in [5.74, 6) is 0.631. The SMILES string of the molecule is Cc1ccc(C#N)c(NCc2cccnc2OC(C)C)c1. The number of hydrogen-bond acceptors (Lipinski definition) is 4. The zero-order valence-electron chi connectivity index (χ0n) is 12.6. The highest BCUT2D eigenvalue weighted by Crippen LogP contribution is 2.21. The van der Waals surface area contributed by atoms with Crippen molar-refractivity contribution in [3.8, 4) is 11.9 Å². The average molecular weight is 281 g/mol. The van der Waals surface area contributed by atoms with Gasteiger partial charge in [0.2, 0.25) is 5.88 Å². The molecule has 0 aliphatic rings. The number of aryl methyl sites for hydroxylation is 1. The maximum atomic E-state index is 9.15. The van der Waals surface area contributed by atoms with Gasteiger partial charge >= 0.3 is 0 Å². The van der Waals surface area contributed by atoms with Gasteiger partial charge in [-0.25, -0.2) is 4.98 Å². The van der Waals surface area contributed by atoms with E-state index in [0.717, 1.165) is 16.8 Å². The smallest absolute Gasteiger partial charge is 0.218 e. The number of hydrogen-bond donors (Lipinski definition) is 1. The van der Waals surface area contributed by atoms with Crippen LogP contribution in [0.1, 0.15) is 30.5 Å². The standard InChI is InChI=1S/C17H19N3O/c1-12(2)21-17-15(5-4-8-19-17)11-20-16-9-13(3)6-7-14(16)10-18/h4-9,12,20H,11H2,1-3H3. The lowest BCUT2D eigenvalue weighted by atomic mass is 10.1. The Morgan fingerprint density at radius 2 is 2.14 bits per heavy atom. The van der Waals surface area contributed by atoms with Crippen molar-refractivity contribution in [1.82, 2.24) is 4.98 Å². The van der Waals surface area contributed by atoms with Crippen LogP contribution < -0.4 is 10.1 Å². The Hall–Kier alpha value is -2.54. The second kappa shape index (κ2) is 6.76. The van der Waals surface area contributed by atoms with Crippen LogP contribution >= 0.6 is 0 Å². The molecule has 2 aromatic rings. The first-order valence-corrected chi connectivity index (χ1v) is 6.95. The van der Waals surface area contributed by atoms with Gasteiger partial charge in [0.15, 0.2) is 0 Å². The predicted octanol–water partition coefficient (Wildman–Crippen LogP) is 3.66. The Balaban J connectivity index is 2.17. The highest BCUT2D eigenvalue weighted by molar-refractivity contribution is 5.59. The number of nitrogens with zero attached hydrogens (tertiary/aromatic N) is 2. The number of aromatic nitrogens is 1. The summed E-state index contributed by atoms with van der Waals surface area (Å²) in [5.41, 5.74) is 3.55. The minimum Gasteiger partial charge on any atom is -0.475 e. The van der Waals surface area contributed by atoms with Crippen LogP contribution in [0.2, 0.25) is 0 Å². The predicted molar refractivity (Wildman–Crippen MR) is 83.2 cm³/mol. The van der Waals surface area contributed by atoms with Crippen molar-refractivity contribution >= 4 is 5.69 Å². The maximum Gasteiger partial charge on any atom is 0.218 e. The van der Waals surface area contributed by atoms with Gasteiger partial charge < -0.3 is 10.1 Å². The molecule has 0 radical (unpaired) electrons. The number of anilines is 1. The first-order chi connectivity index (χ1) is 10.1. The molecule has 1 aromatic heterocycles. The highest BCUT2D eigenvalue weighted by Gasteiger charge is 2.08. The first-order valence-electron chi connectivity index (χ1n) is 6.95. The largest absolute Gasteiger partial charge is 0.475 e. The topological polar surface area (TPSA) is 57.9 Å². The summed E-state index contributed by atoms with van der Waals surface area (Å²) >= 11 is 0. The fourth-order valence-electron chi connectivity index (χ4n) is 1.98. The highest BCUT2D eigenvalue weighted by atomic mass is 16.5. The van der Waals surface area contributed by atoms with E-state index in [1.54, 1.807) is 6.20 Å². The Labute approximate surface area is 125 Å². The molecule has 1 N–H and O–H groups in total. The summed E-state index contributed by atoms with van der Waals surface area (Å²) in [7, 11) is 0. The molecule has 0 atom stereocenters. The number of ether oxygens (including phenoxy) is 1. The number of pyridine rings is 1. The Kier molecular flexibility index (Phi) is 4.78. The molecule has 0 saturated heterocycles. The van der Waals surface area contributed by atoms with Crippen molar-refractivity contribution in [3.63, 3.8) is 0 Å². The van der Waals surface area contributed by atoms with Crippen molar-refractivity contribution < 1.29 is 4.74 Å². The summed E-state index contributed by atoms with van der Waals surface area (Å²) in [5, 5.41) is 12.4. The van der Waals surface area contributed by atoms with Crippen LogP contribution in [0.25, 0.3) is 0 Å². The van der Waals surface area contributed by atoms with Crippen LogP contribution in [0.5, 0.6) is 5.88 Å². The van der Waals surface area contributed by atoms with Crippen LogP contribution in [-0.4, -0.2) is 11.1 Å². The molecule has 4 nitrogen and oxygen atoms in total. The summed E-state index contributed by atoms with van der Waals surface area (Å²) in [6, 6.07) is 11.8. The summed E-state index contributed by atoms with van der Waals surface area (Å²) in [6.45, 7) is 6.51. The molecule has 0 fully saturated rings. The molecule has 0 bridgehead atoms. The van der Waals surface area contributed by atoms with E-state index in [4.69, 9.17) is 10.00 Å². The Morgan fingerprint density at radius 1 is 1.33 bits per heavy atom. The molecule has 0 saturated carbocycles. The molecule has 0 aliphatic heterocycles. The third-order valence-corrected chi connectivity index (χ3v) is 2.96. The third kappa shape index (κ3) is 3.96. The van der Waals surface area contributed by atoms with E-state index in [1.165, 1.54) is 0 Å². The summed E-state index contributed by atoms with van der Waals surface area (Å²) < 4.78 is 5.70. The molecule has 4 heteroatoms. The van der Waals surface area contributed by atoms with Gasteiger partial charge in [-0.05, 0) is 44.5 Å². The van der Waals surface area contributed by atoms with Crippen molar-refractivity contribution in [2.24, 2.45) is 0 Å². The van der Waals surface area contributed by atoms with E-state index >= 15 is 0 Å². The quantitative estimate of drug-likeness (QED) is 0.908. The molecular weight excluding hydrogens is 262 g/mol. The molecule has 0 aliphatic carbocycles. The van der Waals surface area contributed by atoms with Crippen LogP contribution in [0.3, 0.4) is 0 Å². The van der Waals surface area contributed by atoms with E-state index in [0.29, 0.717) is 18.0 Å². The van der Waals surface area contributed by atoms with Crippen LogP contribution in [-0.2, 0) is 6.54 Å². The van der Waals surface area contributed by atoms with Gasteiger partial charge in [0.25, 0.3) is 0 Å². The normalized spacial score (nSPS) is 10.2. The molecule has 1 heterocycles. The molecular formula is C17H19N3O. The summed E-state index contributed by atoms with van der Waals surface area (Å²) in [6.07, 6.45) is 1.79. The van der Waals surface area contributed by atoms with E-state index in [-0.39, 0.29) is 6.10 Å². The lowest BCUT2D eigenvalue weighted by molar-refractivity contribution is 0.230. The molecule has 0 spiro atoms. The second-order valence-electron chi connectivity index (χ2n) is 5.15. The van der Waals surface area contributed by atoms with Crippen molar-refractivity contribution in [3.05, 3.63) is 53.2 Å². The fourth-order valence-corrected chi connectivity index (χ4v) is 1.98. The van der Waals surface area contributed by atoms with Gasteiger partial charge in [-0.2, -0.15) is 5.26 Å². The number of rotatable bonds is 5. The minimum atomic E-state index is 0.0762. The van der Waals surface area contributed by atoms with E-state index in [1.807, 2.05) is 51.1 Å². The lowest BCUT2D eigenvalue weighted by Gasteiger charge is -2.14. The van der Waals surface area contributed by atoms with Crippen molar-refractivity contribution in [2.45, 2.75) is 33.4 Å². The minimum absolute atomic E-state index is 0.0762. The Morgan fingerprint density at radius 3 is 2.86 bits per heavy atom. The molecule has 21 heavy (non-hydrogen) atoms. The van der Waals surface area contributed by atoms with Gasteiger partial charge in [0.1, 0.15) is 6.07 Å². The lowest BCUT2D eigenvalue weighted by Crippen LogP contribution is -2.11. The van der Waals surface area contributed by atoms with Crippen LogP contribution in [0.15, 0.2) is 36.5 Å². The zero-order valence-corrected chi connectivity index (χ0v) is 12.6. The molecule has 1 aromatic carbocycles. The van der Waals surface area contributed by atoms with E-state index < -0.39 is 0 Å². The van der Waals surface area contributed by atoms with Gasteiger partial charge in [-0.1, -0.05) is 12.1 Å². The van der Waals surface area contributed by atoms with Crippen LogP contribution in [0.4, 0.5) is 5.69 Å². The van der Waals surface area contributed by atoms with Gasteiger partial charge in [0.05, 0.1) is 17.4 Å². The Bertz CT molecular complexity index is 659. The summed E-state index contributed by atoms with van der Waals surface area (Å²) in [4.78, 5) is 4.26. The third-order valence-electron chi connectivity index (χ3n) is 2.96. The average Bonchev–Trinajstić information content (AvgIpc) is 2.46. The molecule has 108 valence electrons. The number of nitrogens with one attached hydrogen (secondary N) is 1. The molecule has 2 rings (SSSR count). The molecule has 0 amide bonds. The maximum absolute atomic E-state index is 9.15. The fraction of sp³-hybridized carbons (Fsp3) is 0.294. The van der Waals surface area contributed by atoms with Gasteiger partial charge in [0, 0.05) is 18.3 Å². The molecule has 0 unspecified atom stereocenters. The van der Waals surface area contributed by atoms with Crippen molar-refractivity contribution in [1.29, 1.82) is 5.26 Å². The van der Waals surface area contributed by atoms with Crippen LogP contribution in [0, 0.1) is 18.3 Å². The van der Waals surface area contributed by atoms with Crippen molar-refractivity contribution in [2.75, 3.05) is 5.32 Å². The zero-order chi connectivity index (χ0) is 15.2. The van der Waals surface area contributed by atoms with Gasteiger partial charge in [-0.3, -0.25) is 0 Å². The second-order valence-corrected chi connectivity index (χ2v) is 5.15. The van der Waals surface area contributed by atoms with E-state index in [9.17, 15) is 0 Å². The first kappa shape index (κ1) is 14.9.